The van der Waals surface area contributed by atoms with Crippen LogP contribution in [0.2, 0.25) is 0 Å². The molecule has 1 fully saturated rings. The number of rotatable bonds is 3. The first-order chi connectivity index (χ1) is 10.3. The van der Waals surface area contributed by atoms with E-state index in [4.69, 9.17) is 5.53 Å². The van der Waals surface area contributed by atoms with Gasteiger partial charge in [-0.3, -0.25) is 4.90 Å². The average Bonchev–Trinajstić information content (AvgIpc) is 2.76. The Labute approximate surface area is 126 Å². The summed E-state index contributed by atoms with van der Waals surface area (Å²) in [5.74, 6) is -0.831. The number of carbonyl (C=O) groups is 1. The molecule has 0 bridgehead atoms. The normalized spacial score (nSPS) is 21.3. The van der Waals surface area contributed by atoms with Gasteiger partial charge in [0.25, 0.3) is 0 Å². The number of benzene rings is 1. The van der Waals surface area contributed by atoms with Crippen LogP contribution in [0.15, 0.2) is 23.3 Å². The molecule has 2 N–H and O–H groups in total. The van der Waals surface area contributed by atoms with Gasteiger partial charge < -0.3 is 10.2 Å². The fourth-order valence-corrected chi connectivity index (χ4v) is 3.00. The van der Waals surface area contributed by atoms with E-state index in [9.17, 15) is 19.4 Å². The van der Waals surface area contributed by atoms with Crippen molar-refractivity contribution in [3.8, 4) is 0 Å². The monoisotopic (exact) mass is 308 g/mol. The predicted molar refractivity (Wildman–Crippen MR) is 77.1 cm³/mol. The number of azide groups is 1. The fourth-order valence-electron chi connectivity index (χ4n) is 3.00. The van der Waals surface area contributed by atoms with Crippen LogP contribution in [0.5, 0.6) is 0 Å². The molecule has 0 saturated carbocycles. The first kappa shape index (κ1) is 16.1. The maximum atomic E-state index is 14.3. The zero-order valence-electron chi connectivity index (χ0n) is 12.3. The molecule has 1 unspecified atom stereocenters. The highest BCUT2D eigenvalue weighted by Gasteiger charge is 2.46. The third-order valence-electron chi connectivity index (χ3n) is 4.09. The van der Waals surface area contributed by atoms with Crippen molar-refractivity contribution in [1.82, 2.24) is 4.90 Å². The quantitative estimate of drug-likeness (QED) is 0.504. The molecule has 2 rings (SSSR count). The van der Waals surface area contributed by atoms with E-state index in [1.54, 1.807) is 13.8 Å². The molecule has 0 aromatic heterocycles. The Kier molecular flexibility index (Phi) is 4.25. The second-order valence-corrected chi connectivity index (χ2v) is 5.89. The summed E-state index contributed by atoms with van der Waals surface area (Å²) in [4.78, 5) is 15.2. The van der Waals surface area contributed by atoms with E-state index < -0.39 is 29.6 Å². The van der Waals surface area contributed by atoms with Gasteiger partial charge in [0.05, 0.1) is 11.7 Å². The van der Waals surface area contributed by atoms with E-state index in [0.717, 1.165) is 4.90 Å². The number of aliphatic hydroxyl groups excluding tert-OH is 1. The SMILES string of the molecule is CC1(C)CCC([C@H](O)c2cccc(N=[N+]=[N-])c2F)N1C(=O)O. The van der Waals surface area contributed by atoms with E-state index in [1.807, 2.05) is 0 Å². The highest BCUT2D eigenvalue weighted by molar-refractivity contribution is 5.67. The molecule has 8 heteroatoms. The molecule has 1 heterocycles. The molecule has 2 atom stereocenters. The highest BCUT2D eigenvalue weighted by Crippen LogP contribution is 2.40. The van der Waals surface area contributed by atoms with Crippen LogP contribution < -0.4 is 0 Å². The van der Waals surface area contributed by atoms with Crippen molar-refractivity contribution >= 4 is 11.8 Å². The minimum atomic E-state index is -1.33. The van der Waals surface area contributed by atoms with Crippen molar-refractivity contribution in [2.45, 2.75) is 44.4 Å². The fraction of sp³-hybridized carbons (Fsp3) is 0.500. The van der Waals surface area contributed by atoms with Gasteiger partial charge in [-0.15, -0.1) is 0 Å². The molecule has 7 nitrogen and oxygen atoms in total. The first-order valence-electron chi connectivity index (χ1n) is 6.83. The lowest BCUT2D eigenvalue weighted by Gasteiger charge is -2.35. The van der Waals surface area contributed by atoms with Crippen LogP contribution >= 0.6 is 0 Å². The molecule has 1 aromatic rings. The molecule has 1 aromatic carbocycles. The van der Waals surface area contributed by atoms with Crippen LogP contribution in [0, 0.1) is 5.82 Å². The topological polar surface area (TPSA) is 110 Å². The Morgan fingerprint density at radius 2 is 2.27 bits per heavy atom. The largest absolute Gasteiger partial charge is 0.465 e. The zero-order valence-corrected chi connectivity index (χ0v) is 12.3. The minimum absolute atomic E-state index is 0.0705. The summed E-state index contributed by atoms with van der Waals surface area (Å²) in [5.41, 5.74) is 7.49. The Morgan fingerprint density at radius 3 is 2.86 bits per heavy atom. The lowest BCUT2D eigenvalue weighted by atomic mass is 9.99. The summed E-state index contributed by atoms with van der Waals surface area (Å²) < 4.78 is 14.3. The number of hydrogen-bond donors (Lipinski definition) is 2. The summed E-state index contributed by atoms with van der Waals surface area (Å²) in [6.07, 6.45) is -1.49. The summed E-state index contributed by atoms with van der Waals surface area (Å²) in [6, 6.07) is 3.36. The predicted octanol–water partition coefficient (Wildman–Crippen LogP) is 3.72. The lowest BCUT2D eigenvalue weighted by molar-refractivity contribution is 0.0347. The molecule has 0 radical (unpaired) electrons. The Bertz CT molecular complexity index is 643. The van der Waals surface area contributed by atoms with Gasteiger partial charge in [-0.05, 0) is 38.3 Å². The molecule has 0 aliphatic carbocycles. The van der Waals surface area contributed by atoms with Crippen LogP contribution in [0.1, 0.15) is 38.4 Å². The van der Waals surface area contributed by atoms with E-state index >= 15 is 0 Å². The van der Waals surface area contributed by atoms with E-state index in [1.165, 1.54) is 18.2 Å². The number of amides is 1. The maximum Gasteiger partial charge on any atom is 0.408 e. The van der Waals surface area contributed by atoms with Crippen molar-refractivity contribution < 1.29 is 19.4 Å². The molecule has 22 heavy (non-hydrogen) atoms. The molecule has 118 valence electrons. The summed E-state index contributed by atoms with van der Waals surface area (Å²) in [5, 5.41) is 23.1. The average molecular weight is 308 g/mol. The second-order valence-electron chi connectivity index (χ2n) is 5.89. The van der Waals surface area contributed by atoms with Crippen molar-refractivity contribution in [3.63, 3.8) is 0 Å². The van der Waals surface area contributed by atoms with Gasteiger partial charge in [-0.2, -0.15) is 0 Å². The Balaban J connectivity index is 2.40. The summed E-state index contributed by atoms with van der Waals surface area (Å²) in [7, 11) is 0. The molecular weight excluding hydrogens is 291 g/mol. The smallest absolute Gasteiger partial charge is 0.408 e. The van der Waals surface area contributed by atoms with Crippen molar-refractivity contribution in [3.05, 3.63) is 40.0 Å². The third-order valence-corrected chi connectivity index (χ3v) is 4.09. The number of carboxylic acid groups (broad SMARTS) is 1. The molecule has 1 aliphatic heterocycles. The molecule has 1 saturated heterocycles. The number of halogens is 1. The molecule has 0 spiro atoms. The van der Waals surface area contributed by atoms with Gasteiger partial charge in [0.2, 0.25) is 0 Å². The van der Waals surface area contributed by atoms with Gasteiger partial charge in [-0.25, -0.2) is 9.18 Å². The number of hydrogen-bond acceptors (Lipinski definition) is 3. The number of aliphatic hydroxyl groups is 1. The third kappa shape index (κ3) is 2.70. The maximum absolute atomic E-state index is 14.3. The molecule has 1 amide bonds. The van der Waals surface area contributed by atoms with Crippen LogP contribution in [0.25, 0.3) is 10.4 Å². The first-order valence-corrected chi connectivity index (χ1v) is 6.83. The zero-order chi connectivity index (χ0) is 16.5. The Morgan fingerprint density at radius 1 is 1.59 bits per heavy atom. The van der Waals surface area contributed by atoms with Gasteiger partial charge in [0, 0.05) is 16.0 Å². The van der Waals surface area contributed by atoms with E-state index in [0.29, 0.717) is 12.8 Å². The summed E-state index contributed by atoms with van der Waals surface area (Å²) >= 11 is 0. The van der Waals surface area contributed by atoms with Crippen molar-refractivity contribution in [1.29, 1.82) is 0 Å². The van der Waals surface area contributed by atoms with Crippen LogP contribution in [-0.2, 0) is 0 Å². The van der Waals surface area contributed by atoms with E-state index in [2.05, 4.69) is 10.0 Å². The van der Waals surface area contributed by atoms with Crippen molar-refractivity contribution in [2.24, 2.45) is 5.11 Å². The van der Waals surface area contributed by atoms with Gasteiger partial charge in [-0.1, -0.05) is 17.2 Å². The van der Waals surface area contributed by atoms with Crippen LogP contribution in [0.3, 0.4) is 0 Å². The van der Waals surface area contributed by atoms with Crippen molar-refractivity contribution in [2.75, 3.05) is 0 Å². The molecular formula is C14H17FN4O3. The van der Waals surface area contributed by atoms with Gasteiger partial charge in [0.1, 0.15) is 11.9 Å². The second kappa shape index (κ2) is 5.82. The van der Waals surface area contributed by atoms with E-state index in [-0.39, 0.29) is 11.3 Å². The molecule has 1 aliphatic rings. The number of likely N-dealkylation sites (tertiary alicyclic amines) is 1. The standard InChI is InChI=1S/C14H17FN4O3/c1-14(2)7-6-10(19(14)13(21)22)12(20)8-4-3-5-9(11(8)15)17-18-16/h3-5,10,12,20H,6-7H2,1-2H3,(H,21,22)/t10?,12-/m1/s1. The highest BCUT2D eigenvalue weighted by atomic mass is 19.1. The number of nitrogens with zero attached hydrogens (tertiary/aromatic N) is 4. The summed E-state index contributed by atoms with van der Waals surface area (Å²) in [6.45, 7) is 3.53. The minimum Gasteiger partial charge on any atom is -0.465 e. The lowest BCUT2D eigenvalue weighted by Crippen LogP contribution is -2.48. The van der Waals surface area contributed by atoms with Gasteiger partial charge in [0.15, 0.2) is 0 Å². The van der Waals surface area contributed by atoms with Crippen LogP contribution in [0.4, 0.5) is 14.9 Å². The Hall–Kier alpha value is -2.31. The van der Waals surface area contributed by atoms with Crippen LogP contribution in [-0.4, -0.2) is 32.8 Å². The van der Waals surface area contributed by atoms with Gasteiger partial charge >= 0.3 is 6.09 Å².